The zero-order chi connectivity index (χ0) is 13.7. The number of carbonyl (C=O) groups excluding carboxylic acids is 1. The fraction of sp³-hybridized carbons (Fsp3) is 0.900. The molecule has 1 aliphatic heterocycles. The summed E-state index contributed by atoms with van der Waals surface area (Å²) < 4.78 is 15.8. The molecular formula is C10H17N3O4S. The van der Waals surface area contributed by atoms with Crippen molar-refractivity contribution in [3.05, 3.63) is 10.4 Å². The van der Waals surface area contributed by atoms with Gasteiger partial charge in [-0.1, -0.05) is 12.0 Å². The van der Waals surface area contributed by atoms with Crippen molar-refractivity contribution in [1.29, 1.82) is 0 Å². The van der Waals surface area contributed by atoms with Crippen molar-refractivity contribution in [3.8, 4) is 0 Å². The molecule has 5 atom stereocenters. The minimum absolute atomic E-state index is 0.113. The first-order chi connectivity index (χ1) is 8.51. The standard InChI is InChI=1S/C10H17N3O4S/c1-5-7(4-16-6(2)14)17-10(18)9(15-3)8(5)12-13-11/h5,7-10,18H,4H2,1-3H3/t5-,7?,8-,9?,10+/m0/s1. The summed E-state index contributed by atoms with van der Waals surface area (Å²) in [6.07, 6.45) is -0.786. The van der Waals surface area contributed by atoms with Gasteiger partial charge in [0.05, 0.1) is 12.1 Å². The van der Waals surface area contributed by atoms with Crippen LogP contribution in [-0.2, 0) is 19.0 Å². The highest BCUT2D eigenvalue weighted by atomic mass is 32.1. The molecule has 7 nitrogen and oxygen atoms in total. The minimum Gasteiger partial charge on any atom is -0.463 e. The second-order valence-electron chi connectivity index (χ2n) is 4.12. The number of methoxy groups -OCH3 is 1. The number of azide groups is 1. The largest absolute Gasteiger partial charge is 0.463 e. The molecule has 0 aromatic rings. The number of rotatable bonds is 4. The Morgan fingerprint density at radius 1 is 1.61 bits per heavy atom. The van der Waals surface area contributed by atoms with Gasteiger partial charge in [0.1, 0.15) is 18.1 Å². The second kappa shape index (κ2) is 6.84. The van der Waals surface area contributed by atoms with Crippen LogP contribution in [0.4, 0.5) is 0 Å². The van der Waals surface area contributed by atoms with Crippen LogP contribution in [0.2, 0.25) is 0 Å². The summed E-state index contributed by atoms with van der Waals surface area (Å²) in [5.74, 6) is -0.510. The maximum Gasteiger partial charge on any atom is 0.302 e. The van der Waals surface area contributed by atoms with Crippen LogP contribution < -0.4 is 0 Å². The Kier molecular flexibility index (Phi) is 5.74. The predicted octanol–water partition coefficient (Wildman–Crippen LogP) is 1.53. The van der Waals surface area contributed by atoms with E-state index >= 15 is 0 Å². The Morgan fingerprint density at radius 3 is 2.78 bits per heavy atom. The normalized spacial score (nSPS) is 35.7. The molecule has 1 heterocycles. The van der Waals surface area contributed by atoms with E-state index in [9.17, 15) is 4.79 Å². The van der Waals surface area contributed by atoms with E-state index in [0.29, 0.717) is 0 Å². The Bertz CT molecular complexity index is 348. The molecule has 2 unspecified atom stereocenters. The highest BCUT2D eigenvalue weighted by Gasteiger charge is 2.42. The van der Waals surface area contributed by atoms with Gasteiger partial charge in [0.25, 0.3) is 0 Å². The molecule has 1 saturated heterocycles. The van der Waals surface area contributed by atoms with Gasteiger partial charge >= 0.3 is 5.97 Å². The van der Waals surface area contributed by atoms with Crippen LogP contribution in [0.5, 0.6) is 0 Å². The van der Waals surface area contributed by atoms with Crippen molar-refractivity contribution >= 4 is 18.6 Å². The average molecular weight is 275 g/mol. The van der Waals surface area contributed by atoms with Crippen LogP contribution >= 0.6 is 12.6 Å². The number of thiol groups is 1. The summed E-state index contributed by atoms with van der Waals surface area (Å²) in [7, 11) is 1.51. The lowest BCUT2D eigenvalue weighted by Gasteiger charge is -2.41. The van der Waals surface area contributed by atoms with Crippen LogP contribution in [-0.4, -0.2) is 43.4 Å². The SMILES string of the molecule is COC1[C@@H](N=[N+]=[N-])[C@@H](C)C(COC(C)=O)O[C@@H]1S. The summed E-state index contributed by atoms with van der Waals surface area (Å²) in [6, 6.07) is -0.406. The average Bonchev–Trinajstić information content (AvgIpc) is 2.32. The number of ether oxygens (including phenoxy) is 3. The third-order valence-corrected chi connectivity index (χ3v) is 3.38. The molecule has 0 aromatic heterocycles. The number of esters is 1. The zero-order valence-electron chi connectivity index (χ0n) is 10.5. The minimum atomic E-state index is -0.526. The van der Waals surface area contributed by atoms with Crippen molar-refractivity contribution in [2.75, 3.05) is 13.7 Å². The van der Waals surface area contributed by atoms with Crippen LogP contribution in [0.15, 0.2) is 5.11 Å². The van der Waals surface area contributed by atoms with Gasteiger partial charge in [-0.05, 0) is 11.4 Å². The first-order valence-corrected chi connectivity index (χ1v) is 6.06. The van der Waals surface area contributed by atoms with E-state index in [1.165, 1.54) is 14.0 Å². The molecule has 0 spiro atoms. The van der Waals surface area contributed by atoms with Crippen LogP contribution in [0, 0.1) is 5.92 Å². The third-order valence-electron chi connectivity index (χ3n) is 2.97. The molecule has 0 N–H and O–H groups in total. The Morgan fingerprint density at radius 2 is 2.28 bits per heavy atom. The summed E-state index contributed by atoms with van der Waals surface area (Å²) in [4.78, 5) is 13.6. The molecule has 1 rings (SSSR count). The molecule has 0 saturated carbocycles. The van der Waals surface area contributed by atoms with Crippen molar-refractivity contribution in [2.24, 2.45) is 11.0 Å². The summed E-state index contributed by atoms with van der Waals surface area (Å²) in [5, 5.41) is 3.73. The van der Waals surface area contributed by atoms with Crippen LogP contribution in [0.25, 0.3) is 10.4 Å². The van der Waals surface area contributed by atoms with E-state index in [2.05, 4.69) is 22.7 Å². The van der Waals surface area contributed by atoms with Crippen LogP contribution in [0.3, 0.4) is 0 Å². The predicted molar refractivity (Wildman–Crippen MR) is 67.2 cm³/mol. The molecular weight excluding hydrogens is 258 g/mol. The number of carbonyl (C=O) groups is 1. The van der Waals surface area contributed by atoms with Gasteiger partial charge < -0.3 is 14.2 Å². The fourth-order valence-electron chi connectivity index (χ4n) is 1.95. The first kappa shape index (κ1) is 15.1. The molecule has 0 radical (unpaired) electrons. The van der Waals surface area contributed by atoms with Gasteiger partial charge in [0, 0.05) is 18.9 Å². The molecule has 1 fully saturated rings. The van der Waals surface area contributed by atoms with Crippen molar-refractivity contribution in [1.82, 2.24) is 0 Å². The highest BCUT2D eigenvalue weighted by Crippen LogP contribution is 2.31. The molecule has 0 amide bonds. The molecule has 18 heavy (non-hydrogen) atoms. The number of hydrogen-bond donors (Lipinski definition) is 1. The van der Waals surface area contributed by atoms with Crippen LogP contribution in [0.1, 0.15) is 13.8 Å². The van der Waals surface area contributed by atoms with Crippen molar-refractivity contribution < 1.29 is 19.0 Å². The summed E-state index contributed by atoms with van der Waals surface area (Å²) in [5.41, 5.74) is 8.07. The summed E-state index contributed by atoms with van der Waals surface area (Å²) in [6.45, 7) is 3.30. The smallest absolute Gasteiger partial charge is 0.302 e. The highest BCUT2D eigenvalue weighted by molar-refractivity contribution is 7.80. The second-order valence-corrected chi connectivity index (χ2v) is 4.63. The molecule has 0 aliphatic carbocycles. The van der Waals surface area contributed by atoms with Gasteiger partial charge in [-0.25, -0.2) is 0 Å². The molecule has 102 valence electrons. The lowest BCUT2D eigenvalue weighted by atomic mass is 9.89. The van der Waals surface area contributed by atoms with Gasteiger partial charge in [-0.15, -0.1) is 12.6 Å². The Balaban J connectivity index is 2.79. The monoisotopic (exact) mass is 275 g/mol. The lowest BCUT2D eigenvalue weighted by molar-refractivity contribution is -0.162. The van der Waals surface area contributed by atoms with E-state index in [1.807, 2.05) is 6.92 Å². The molecule has 0 bridgehead atoms. The molecule has 0 aromatic carbocycles. The van der Waals surface area contributed by atoms with E-state index in [-0.39, 0.29) is 24.6 Å². The van der Waals surface area contributed by atoms with E-state index in [1.54, 1.807) is 0 Å². The van der Waals surface area contributed by atoms with E-state index in [4.69, 9.17) is 19.7 Å². The third kappa shape index (κ3) is 3.52. The fourth-order valence-corrected chi connectivity index (χ4v) is 2.40. The molecule has 1 aliphatic rings. The lowest BCUT2D eigenvalue weighted by Crippen LogP contribution is -2.52. The topological polar surface area (TPSA) is 93.5 Å². The van der Waals surface area contributed by atoms with E-state index in [0.717, 1.165) is 0 Å². The van der Waals surface area contributed by atoms with Gasteiger partial charge in [-0.3, -0.25) is 4.79 Å². The Labute approximate surface area is 111 Å². The number of hydrogen-bond acceptors (Lipinski definition) is 6. The summed E-state index contributed by atoms with van der Waals surface area (Å²) >= 11 is 4.26. The van der Waals surface area contributed by atoms with Gasteiger partial charge in [0.2, 0.25) is 0 Å². The first-order valence-electron chi connectivity index (χ1n) is 5.55. The van der Waals surface area contributed by atoms with Gasteiger partial charge in [-0.2, -0.15) is 0 Å². The van der Waals surface area contributed by atoms with Gasteiger partial charge in [0.15, 0.2) is 0 Å². The Hall–Kier alpha value is -0.950. The van der Waals surface area contributed by atoms with E-state index < -0.39 is 17.6 Å². The quantitative estimate of drug-likeness (QED) is 0.277. The van der Waals surface area contributed by atoms with Crippen molar-refractivity contribution in [2.45, 2.75) is 37.5 Å². The maximum absolute atomic E-state index is 10.8. The van der Waals surface area contributed by atoms with Crippen molar-refractivity contribution in [3.63, 3.8) is 0 Å². The maximum atomic E-state index is 10.8. The molecule has 8 heteroatoms. The number of nitrogens with zero attached hydrogens (tertiary/aromatic N) is 3. The zero-order valence-corrected chi connectivity index (χ0v) is 11.4.